The summed E-state index contributed by atoms with van der Waals surface area (Å²) in [5.74, 6) is -0.260. The molecule has 0 aliphatic heterocycles. The number of aromatic nitrogens is 2. The van der Waals surface area contributed by atoms with Crippen LogP contribution in [0, 0.1) is 0 Å². The molecule has 0 bridgehead atoms. The smallest absolute Gasteiger partial charge is 0.240 e. The fraction of sp³-hybridized carbons (Fsp3) is 0.250. The average molecular weight is 363 g/mol. The van der Waals surface area contributed by atoms with Crippen LogP contribution in [0.2, 0.25) is 0 Å². The number of benzene rings is 1. The van der Waals surface area contributed by atoms with Gasteiger partial charge in [0.25, 0.3) is 0 Å². The third-order valence-electron chi connectivity index (χ3n) is 3.60. The van der Waals surface area contributed by atoms with E-state index in [0.717, 1.165) is 11.1 Å². The number of hydrogen-bond acceptors (Lipinski definition) is 5. The van der Waals surface area contributed by atoms with Crippen molar-refractivity contribution in [2.75, 3.05) is 6.26 Å². The molecule has 3 aromatic rings. The van der Waals surface area contributed by atoms with E-state index >= 15 is 0 Å². The molecule has 6 nitrogen and oxygen atoms in total. The molecule has 0 radical (unpaired) electrons. The molecule has 0 fully saturated rings. The van der Waals surface area contributed by atoms with E-state index in [-0.39, 0.29) is 23.7 Å². The van der Waals surface area contributed by atoms with Gasteiger partial charge < -0.3 is 9.88 Å². The third kappa shape index (κ3) is 3.34. The first-order valence-corrected chi connectivity index (χ1v) is 10.1. The number of para-hydroxylation sites is 2. The molecule has 1 amide bonds. The van der Waals surface area contributed by atoms with Crippen molar-refractivity contribution in [3.63, 3.8) is 0 Å². The molecule has 0 saturated heterocycles. The number of amides is 1. The number of sulfone groups is 1. The SMILES string of the molecule is C[C@H](NC(=O)Cn1c(S(C)(=O)=O)nc2ccccc21)c1cccs1. The lowest BCUT2D eigenvalue weighted by molar-refractivity contribution is -0.122. The Morgan fingerprint density at radius 2 is 2.04 bits per heavy atom. The predicted molar refractivity (Wildman–Crippen MR) is 93.7 cm³/mol. The number of imidazole rings is 1. The Bertz CT molecular complexity index is 975. The molecule has 1 atom stereocenters. The zero-order chi connectivity index (χ0) is 17.3. The maximum absolute atomic E-state index is 12.4. The maximum Gasteiger partial charge on any atom is 0.240 e. The predicted octanol–water partition coefficient (Wildman–Crippen LogP) is 2.38. The monoisotopic (exact) mass is 363 g/mol. The van der Waals surface area contributed by atoms with Crippen molar-refractivity contribution in [3.05, 3.63) is 46.7 Å². The molecule has 8 heteroatoms. The van der Waals surface area contributed by atoms with Crippen LogP contribution in [-0.4, -0.2) is 30.1 Å². The van der Waals surface area contributed by atoms with Crippen molar-refractivity contribution in [3.8, 4) is 0 Å². The van der Waals surface area contributed by atoms with Crippen molar-refractivity contribution in [2.24, 2.45) is 0 Å². The molecular weight excluding hydrogens is 346 g/mol. The minimum absolute atomic E-state index is 0.0948. The molecule has 1 N–H and O–H groups in total. The van der Waals surface area contributed by atoms with Crippen LogP contribution in [-0.2, 0) is 21.2 Å². The van der Waals surface area contributed by atoms with E-state index in [1.165, 1.54) is 4.57 Å². The molecule has 2 heterocycles. The van der Waals surface area contributed by atoms with Crippen LogP contribution in [0.25, 0.3) is 11.0 Å². The minimum Gasteiger partial charge on any atom is -0.347 e. The molecule has 3 rings (SSSR count). The number of carbonyl (C=O) groups excluding carboxylic acids is 1. The van der Waals surface area contributed by atoms with Gasteiger partial charge in [-0.1, -0.05) is 18.2 Å². The Balaban J connectivity index is 1.90. The molecule has 2 aromatic heterocycles. The number of hydrogen-bond donors (Lipinski definition) is 1. The lowest BCUT2D eigenvalue weighted by Gasteiger charge is -2.13. The standard InChI is InChI=1S/C16H17N3O3S2/c1-11(14-8-5-9-23-14)17-15(20)10-19-13-7-4-3-6-12(13)18-16(19)24(2,21)22/h3-9,11H,10H2,1-2H3,(H,17,20)/t11-/m0/s1. The minimum atomic E-state index is -3.54. The zero-order valence-electron chi connectivity index (χ0n) is 13.3. The molecule has 0 spiro atoms. The largest absolute Gasteiger partial charge is 0.347 e. The quantitative estimate of drug-likeness (QED) is 0.755. The van der Waals surface area contributed by atoms with Gasteiger partial charge in [-0.15, -0.1) is 11.3 Å². The Labute approximate surface area is 144 Å². The van der Waals surface area contributed by atoms with Gasteiger partial charge in [0.05, 0.1) is 17.1 Å². The second kappa shape index (κ2) is 6.37. The lowest BCUT2D eigenvalue weighted by Crippen LogP contribution is -2.30. The Kier molecular flexibility index (Phi) is 4.42. The van der Waals surface area contributed by atoms with Gasteiger partial charge in [-0.25, -0.2) is 13.4 Å². The van der Waals surface area contributed by atoms with E-state index in [0.29, 0.717) is 11.0 Å². The van der Waals surface area contributed by atoms with Gasteiger partial charge in [0.15, 0.2) is 0 Å². The first kappa shape index (κ1) is 16.7. The molecule has 0 saturated carbocycles. The zero-order valence-corrected chi connectivity index (χ0v) is 14.9. The fourth-order valence-electron chi connectivity index (χ4n) is 2.53. The summed E-state index contributed by atoms with van der Waals surface area (Å²) in [7, 11) is -3.54. The normalized spacial score (nSPS) is 13.1. The van der Waals surface area contributed by atoms with Crippen molar-refractivity contribution in [1.29, 1.82) is 0 Å². The summed E-state index contributed by atoms with van der Waals surface area (Å²) < 4.78 is 25.4. The van der Waals surface area contributed by atoms with Crippen molar-refractivity contribution < 1.29 is 13.2 Å². The maximum atomic E-state index is 12.4. The second-order valence-electron chi connectivity index (χ2n) is 5.55. The van der Waals surface area contributed by atoms with Gasteiger partial charge in [0.2, 0.25) is 20.9 Å². The summed E-state index contributed by atoms with van der Waals surface area (Å²) in [6, 6.07) is 10.8. The lowest BCUT2D eigenvalue weighted by atomic mass is 10.2. The first-order valence-electron chi connectivity index (χ1n) is 7.34. The van der Waals surface area contributed by atoms with Gasteiger partial charge in [-0.2, -0.15) is 0 Å². The Morgan fingerprint density at radius 1 is 1.29 bits per heavy atom. The van der Waals surface area contributed by atoms with Crippen molar-refractivity contribution >= 4 is 38.1 Å². The molecule has 1 aromatic carbocycles. The van der Waals surface area contributed by atoms with Crippen LogP contribution in [0.5, 0.6) is 0 Å². The van der Waals surface area contributed by atoms with E-state index in [9.17, 15) is 13.2 Å². The van der Waals surface area contributed by atoms with Gasteiger partial charge in [0, 0.05) is 11.1 Å². The van der Waals surface area contributed by atoms with E-state index < -0.39 is 9.84 Å². The summed E-state index contributed by atoms with van der Waals surface area (Å²) in [5.41, 5.74) is 1.17. The van der Waals surface area contributed by atoms with E-state index in [1.54, 1.807) is 35.6 Å². The molecule has 0 aliphatic rings. The van der Waals surface area contributed by atoms with Crippen molar-refractivity contribution in [1.82, 2.24) is 14.9 Å². The van der Waals surface area contributed by atoms with E-state index in [2.05, 4.69) is 10.3 Å². The van der Waals surface area contributed by atoms with E-state index in [1.807, 2.05) is 24.4 Å². The van der Waals surface area contributed by atoms with Crippen LogP contribution in [0.3, 0.4) is 0 Å². The highest BCUT2D eigenvalue weighted by Gasteiger charge is 2.21. The molecule has 24 heavy (non-hydrogen) atoms. The van der Waals surface area contributed by atoms with Gasteiger partial charge in [-0.3, -0.25) is 4.79 Å². The summed E-state index contributed by atoms with van der Waals surface area (Å²) in [4.78, 5) is 17.6. The van der Waals surface area contributed by atoms with Crippen LogP contribution < -0.4 is 5.32 Å². The highest BCUT2D eigenvalue weighted by molar-refractivity contribution is 7.90. The average Bonchev–Trinajstić information content (AvgIpc) is 3.15. The van der Waals surface area contributed by atoms with Crippen LogP contribution in [0.15, 0.2) is 46.9 Å². The summed E-state index contributed by atoms with van der Waals surface area (Å²) in [6.07, 6.45) is 1.09. The summed E-state index contributed by atoms with van der Waals surface area (Å²) >= 11 is 1.56. The Morgan fingerprint density at radius 3 is 2.71 bits per heavy atom. The number of carbonyl (C=O) groups is 1. The Hall–Kier alpha value is -2.19. The second-order valence-corrected chi connectivity index (χ2v) is 8.43. The summed E-state index contributed by atoms with van der Waals surface area (Å²) in [5, 5.41) is 4.74. The number of nitrogens with one attached hydrogen (secondary N) is 1. The molecular formula is C16H17N3O3S2. The molecule has 0 aliphatic carbocycles. The highest BCUT2D eigenvalue weighted by atomic mass is 32.2. The number of rotatable bonds is 5. The van der Waals surface area contributed by atoms with Gasteiger partial charge in [-0.05, 0) is 30.5 Å². The van der Waals surface area contributed by atoms with Crippen LogP contribution in [0.4, 0.5) is 0 Å². The highest BCUT2D eigenvalue weighted by Crippen LogP contribution is 2.21. The fourth-order valence-corrected chi connectivity index (χ4v) is 4.09. The summed E-state index contributed by atoms with van der Waals surface area (Å²) in [6.45, 7) is 1.80. The first-order chi connectivity index (χ1) is 11.4. The third-order valence-corrected chi connectivity index (χ3v) is 5.63. The number of nitrogens with zero attached hydrogens (tertiary/aromatic N) is 2. The molecule has 0 unspecified atom stereocenters. The van der Waals surface area contributed by atoms with E-state index in [4.69, 9.17) is 0 Å². The van der Waals surface area contributed by atoms with Crippen molar-refractivity contribution in [2.45, 2.75) is 24.7 Å². The van der Waals surface area contributed by atoms with Crippen LogP contribution >= 0.6 is 11.3 Å². The van der Waals surface area contributed by atoms with Gasteiger partial charge >= 0.3 is 0 Å². The van der Waals surface area contributed by atoms with Crippen LogP contribution in [0.1, 0.15) is 17.8 Å². The number of fused-ring (bicyclic) bond motifs is 1. The molecule has 126 valence electrons. The number of thiophene rings is 1. The topological polar surface area (TPSA) is 81.1 Å². The van der Waals surface area contributed by atoms with Gasteiger partial charge in [0.1, 0.15) is 6.54 Å².